The lowest BCUT2D eigenvalue weighted by Gasteiger charge is -2.22. The second-order valence-electron chi connectivity index (χ2n) is 21.7. The van der Waals surface area contributed by atoms with Crippen molar-refractivity contribution in [3.05, 3.63) is 12.2 Å². The smallest absolute Gasteiger partial charge is 0.305 e. The van der Waals surface area contributed by atoms with E-state index < -0.39 is 12.1 Å². The lowest BCUT2D eigenvalue weighted by molar-refractivity contribution is -0.143. The maximum absolute atomic E-state index is 12.5. The third-order valence-corrected chi connectivity index (χ3v) is 14.8. The number of aliphatic hydroxyl groups is 2. The van der Waals surface area contributed by atoms with E-state index in [1.165, 1.54) is 270 Å². The number of esters is 1. The van der Waals surface area contributed by atoms with Crippen LogP contribution < -0.4 is 5.32 Å². The molecule has 0 saturated heterocycles. The summed E-state index contributed by atoms with van der Waals surface area (Å²) in [5, 5.41) is 23.3. The van der Waals surface area contributed by atoms with Gasteiger partial charge in [0.2, 0.25) is 5.91 Å². The highest BCUT2D eigenvalue weighted by Gasteiger charge is 2.20. The van der Waals surface area contributed by atoms with Crippen LogP contribution in [0.15, 0.2) is 12.2 Å². The SMILES string of the molecule is CCCCCCCCCCCCCCCCCCCCC(=O)OCCCCCCCC/C=C\CCCCCCCCCC(=O)NC(CO)C(O)CCCCCCCCCCCCCCCCCCC. The van der Waals surface area contributed by atoms with Gasteiger partial charge in [0.25, 0.3) is 0 Å². The van der Waals surface area contributed by atoms with Crippen molar-refractivity contribution < 1.29 is 24.5 Å². The molecule has 0 aliphatic heterocycles. The van der Waals surface area contributed by atoms with E-state index in [9.17, 15) is 19.8 Å². The summed E-state index contributed by atoms with van der Waals surface area (Å²) in [6.45, 7) is 4.97. The van der Waals surface area contributed by atoms with E-state index in [1.807, 2.05) is 0 Å². The van der Waals surface area contributed by atoms with Crippen LogP contribution in [-0.4, -0.2) is 47.4 Å². The van der Waals surface area contributed by atoms with E-state index in [4.69, 9.17) is 4.74 Å². The summed E-state index contributed by atoms with van der Waals surface area (Å²) in [7, 11) is 0. The van der Waals surface area contributed by atoms with E-state index in [0.29, 0.717) is 25.9 Å². The molecule has 0 saturated carbocycles. The third-order valence-electron chi connectivity index (χ3n) is 14.8. The fourth-order valence-electron chi connectivity index (χ4n) is 9.99. The predicted octanol–water partition coefficient (Wildman–Crippen LogP) is 19.6. The number of hydrogen-bond acceptors (Lipinski definition) is 5. The number of rotatable bonds is 59. The number of hydrogen-bond donors (Lipinski definition) is 3. The van der Waals surface area contributed by atoms with Gasteiger partial charge in [0.05, 0.1) is 25.4 Å². The van der Waals surface area contributed by atoms with Crippen LogP contribution in [0.2, 0.25) is 0 Å². The van der Waals surface area contributed by atoms with Crippen molar-refractivity contribution in [2.24, 2.45) is 0 Å². The molecule has 0 aromatic heterocycles. The van der Waals surface area contributed by atoms with Crippen molar-refractivity contribution >= 4 is 11.9 Å². The Hall–Kier alpha value is -1.40. The zero-order chi connectivity index (χ0) is 50.0. The minimum atomic E-state index is -0.672. The van der Waals surface area contributed by atoms with Gasteiger partial charge in [-0.05, 0) is 51.4 Å². The minimum Gasteiger partial charge on any atom is -0.466 e. The lowest BCUT2D eigenvalue weighted by atomic mass is 10.0. The molecule has 0 rings (SSSR count). The zero-order valence-corrected chi connectivity index (χ0v) is 46.8. The van der Waals surface area contributed by atoms with E-state index in [-0.39, 0.29) is 18.5 Å². The Balaban J connectivity index is 3.42. The van der Waals surface area contributed by atoms with Crippen LogP contribution in [0.1, 0.15) is 354 Å². The summed E-state index contributed by atoms with van der Waals surface area (Å²) in [5.74, 6) is -0.0403. The summed E-state index contributed by atoms with van der Waals surface area (Å²) in [6, 6.07) is -0.550. The second kappa shape index (κ2) is 59.2. The first kappa shape index (κ1) is 67.6. The highest BCUT2D eigenvalue weighted by Crippen LogP contribution is 2.18. The summed E-state index contributed by atoms with van der Waals surface area (Å²) in [4.78, 5) is 24.6. The van der Waals surface area contributed by atoms with Gasteiger partial charge in [-0.2, -0.15) is 0 Å². The second-order valence-corrected chi connectivity index (χ2v) is 21.7. The average Bonchev–Trinajstić information content (AvgIpc) is 3.35. The van der Waals surface area contributed by atoms with Crippen molar-refractivity contribution in [1.29, 1.82) is 0 Å². The van der Waals surface area contributed by atoms with E-state index in [1.54, 1.807) is 0 Å². The first-order valence-electron chi connectivity index (χ1n) is 31.4. The molecular formula is C63H123NO5. The topological polar surface area (TPSA) is 95.9 Å². The molecule has 2 atom stereocenters. The Morgan fingerprint density at radius 2 is 0.681 bits per heavy atom. The van der Waals surface area contributed by atoms with Gasteiger partial charge in [0, 0.05) is 12.8 Å². The molecule has 0 radical (unpaired) electrons. The first-order valence-corrected chi connectivity index (χ1v) is 31.4. The molecule has 0 fully saturated rings. The molecule has 0 aliphatic carbocycles. The molecule has 0 aromatic carbocycles. The lowest BCUT2D eigenvalue weighted by Crippen LogP contribution is -2.45. The fourth-order valence-corrected chi connectivity index (χ4v) is 9.99. The molecule has 69 heavy (non-hydrogen) atoms. The van der Waals surface area contributed by atoms with Gasteiger partial charge in [-0.25, -0.2) is 0 Å². The van der Waals surface area contributed by atoms with Gasteiger partial charge in [0.15, 0.2) is 0 Å². The summed E-state index contributed by atoms with van der Waals surface area (Å²) in [6.07, 6.45) is 70.7. The molecule has 0 spiro atoms. The van der Waals surface area contributed by atoms with Gasteiger partial charge in [0.1, 0.15) is 0 Å². The van der Waals surface area contributed by atoms with Crippen molar-refractivity contribution in [1.82, 2.24) is 5.32 Å². The zero-order valence-electron chi connectivity index (χ0n) is 46.8. The van der Waals surface area contributed by atoms with E-state index in [0.717, 1.165) is 51.4 Å². The summed E-state index contributed by atoms with van der Waals surface area (Å²) < 4.78 is 5.49. The van der Waals surface area contributed by atoms with Crippen LogP contribution in [0.5, 0.6) is 0 Å². The quantitative estimate of drug-likeness (QED) is 0.0321. The van der Waals surface area contributed by atoms with E-state index >= 15 is 0 Å². The molecule has 3 N–H and O–H groups in total. The Morgan fingerprint density at radius 1 is 0.391 bits per heavy atom. The Morgan fingerprint density at radius 3 is 1.03 bits per heavy atom. The molecule has 0 bridgehead atoms. The van der Waals surface area contributed by atoms with Crippen molar-refractivity contribution in [2.75, 3.05) is 13.2 Å². The highest BCUT2D eigenvalue weighted by atomic mass is 16.5. The number of allylic oxidation sites excluding steroid dienone is 2. The number of aliphatic hydroxyl groups excluding tert-OH is 2. The van der Waals surface area contributed by atoms with Crippen LogP contribution in [0.4, 0.5) is 0 Å². The normalized spacial score (nSPS) is 12.6. The average molecular weight is 975 g/mol. The van der Waals surface area contributed by atoms with Gasteiger partial charge < -0.3 is 20.3 Å². The van der Waals surface area contributed by atoms with Gasteiger partial charge in [-0.15, -0.1) is 0 Å². The Kier molecular flexibility index (Phi) is 58.0. The van der Waals surface area contributed by atoms with Crippen molar-refractivity contribution in [3.63, 3.8) is 0 Å². The number of carbonyl (C=O) groups is 2. The molecule has 410 valence electrons. The summed E-state index contributed by atoms with van der Waals surface area (Å²) >= 11 is 0. The Labute approximate surface area is 431 Å². The monoisotopic (exact) mass is 974 g/mol. The van der Waals surface area contributed by atoms with Crippen LogP contribution in [0, 0.1) is 0 Å². The number of ether oxygens (including phenoxy) is 1. The van der Waals surface area contributed by atoms with E-state index in [2.05, 4.69) is 31.3 Å². The standard InChI is InChI=1S/C63H123NO5/c1-3-5-7-9-11-13-15-17-19-21-25-29-33-37-41-45-49-53-57-63(68)69-58-54-50-46-42-38-34-30-26-22-24-28-32-36-40-44-48-52-56-62(67)64-60(59-65)61(66)55-51-47-43-39-35-31-27-23-20-18-16-14-12-10-8-6-4-2/h22,26,60-61,65-66H,3-21,23-25,27-59H2,1-2H3,(H,64,67)/b26-22-. The molecule has 0 heterocycles. The number of amides is 1. The van der Waals surface area contributed by atoms with Crippen LogP contribution in [-0.2, 0) is 14.3 Å². The molecular weight excluding hydrogens is 851 g/mol. The maximum atomic E-state index is 12.5. The number of nitrogens with one attached hydrogen (secondary N) is 1. The molecule has 6 nitrogen and oxygen atoms in total. The van der Waals surface area contributed by atoms with Gasteiger partial charge in [-0.3, -0.25) is 9.59 Å². The number of carbonyl (C=O) groups excluding carboxylic acids is 2. The van der Waals surface area contributed by atoms with Crippen LogP contribution in [0.25, 0.3) is 0 Å². The third kappa shape index (κ3) is 55.8. The van der Waals surface area contributed by atoms with Gasteiger partial charge >= 0.3 is 5.97 Å². The largest absolute Gasteiger partial charge is 0.466 e. The Bertz CT molecular complexity index is 1030. The maximum Gasteiger partial charge on any atom is 0.305 e. The van der Waals surface area contributed by atoms with Crippen molar-refractivity contribution in [2.45, 2.75) is 366 Å². The summed E-state index contributed by atoms with van der Waals surface area (Å²) in [5.41, 5.74) is 0. The fraction of sp³-hybridized carbons (Fsp3) is 0.937. The molecule has 0 aromatic rings. The molecule has 2 unspecified atom stereocenters. The van der Waals surface area contributed by atoms with Crippen molar-refractivity contribution in [3.8, 4) is 0 Å². The van der Waals surface area contributed by atoms with Crippen LogP contribution >= 0.6 is 0 Å². The minimum absolute atomic E-state index is 0.00350. The van der Waals surface area contributed by atoms with Gasteiger partial charge in [-0.1, -0.05) is 302 Å². The molecule has 6 heteroatoms. The highest BCUT2D eigenvalue weighted by molar-refractivity contribution is 5.76. The molecule has 0 aliphatic rings. The van der Waals surface area contributed by atoms with Crippen LogP contribution in [0.3, 0.4) is 0 Å². The first-order chi connectivity index (χ1) is 34.0. The molecule has 1 amide bonds. The number of unbranched alkanes of at least 4 members (excludes halogenated alkanes) is 46. The predicted molar refractivity (Wildman–Crippen MR) is 301 cm³/mol.